The van der Waals surface area contributed by atoms with E-state index >= 15 is 0 Å². The Hall–Kier alpha value is -0.510. The van der Waals surface area contributed by atoms with Gasteiger partial charge in [-0.25, -0.2) is 8.42 Å². The Bertz CT molecular complexity index is 768. The molecule has 3 N–H and O–H groups in total. The van der Waals surface area contributed by atoms with E-state index in [1.807, 2.05) is 6.07 Å². The van der Waals surface area contributed by atoms with Crippen LogP contribution in [-0.2, 0) is 10.0 Å². The van der Waals surface area contributed by atoms with Crippen LogP contribution >= 0.6 is 50.1 Å². The third-order valence-corrected chi connectivity index (χ3v) is 6.14. The molecule has 0 amide bonds. The smallest absolute Gasteiger partial charge is 0.263 e. The van der Waals surface area contributed by atoms with Crippen LogP contribution in [0.5, 0.6) is 0 Å². The predicted molar refractivity (Wildman–Crippen MR) is 93.5 cm³/mol. The fraction of sp³-hybridized carbons (Fsp3) is 0. The van der Waals surface area contributed by atoms with E-state index in [0.29, 0.717) is 10.2 Å². The van der Waals surface area contributed by atoms with Gasteiger partial charge in [0.05, 0.1) is 10.2 Å². The number of nitrogen functional groups attached to an aromatic ring is 1. The monoisotopic (exact) mass is 486 g/mol. The predicted octanol–water partition coefficient (Wildman–Crippen LogP) is 4.09. The minimum atomic E-state index is -3.78. The molecule has 0 bridgehead atoms. The van der Waals surface area contributed by atoms with E-state index in [2.05, 4.69) is 43.2 Å². The zero-order valence-electron chi connectivity index (χ0n) is 9.90. The second-order valence-corrected chi connectivity index (χ2v) is 7.93. The van der Waals surface area contributed by atoms with E-state index < -0.39 is 10.0 Å². The van der Waals surface area contributed by atoms with Gasteiger partial charge in [-0.3, -0.25) is 4.72 Å². The van der Waals surface area contributed by atoms with E-state index in [1.54, 1.807) is 18.2 Å². The Morgan fingerprint density at radius 1 is 1.25 bits per heavy atom. The number of hydrogen-bond donors (Lipinski definition) is 2. The van der Waals surface area contributed by atoms with E-state index in [0.717, 1.165) is 3.57 Å². The fourth-order valence-corrected chi connectivity index (χ4v) is 4.60. The summed E-state index contributed by atoms with van der Waals surface area (Å²) in [5.74, 6) is 0. The molecule has 0 aliphatic heterocycles. The first-order chi connectivity index (χ1) is 9.31. The number of sulfonamides is 1. The summed E-state index contributed by atoms with van der Waals surface area (Å²) in [6.07, 6.45) is 0. The van der Waals surface area contributed by atoms with Crippen molar-refractivity contribution in [3.05, 3.63) is 49.5 Å². The molecular formula is C12H9BrClIN2O2S. The van der Waals surface area contributed by atoms with Gasteiger partial charge in [0.2, 0.25) is 0 Å². The van der Waals surface area contributed by atoms with Gasteiger partial charge in [-0.05, 0) is 62.8 Å². The zero-order chi connectivity index (χ0) is 14.9. The van der Waals surface area contributed by atoms with Crippen LogP contribution in [0.4, 0.5) is 11.4 Å². The molecule has 4 nitrogen and oxygen atoms in total. The highest BCUT2D eigenvalue weighted by atomic mass is 127. The molecule has 106 valence electrons. The first-order valence-electron chi connectivity index (χ1n) is 5.33. The molecule has 2 aromatic carbocycles. The van der Waals surface area contributed by atoms with Crippen molar-refractivity contribution in [2.24, 2.45) is 0 Å². The summed E-state index contributed by atoms with van der Waals surface area (Å²) >= 11 is 11.1. The molecule has 0 unspecified atom stereocenters. The van der Waals surface area contributed by atoms with Crippen molar-refractivity contribution in [3.63, 3.8) is 0 Å². The van der Waals surface area contributed by atoms with Crippen LogP contribution in [0.1, 0.15) is 0 Å². The van der Waals surface area contributed by atoms with Crippen LogP contribution in [0, 0.1) is 3.57 Å². The van der Waals surface area contributed by atoms with E-state index in [4.69, 9.17) is 17.3 Å². The minimum Gasteiger partial charge on any atom is -0.398 e. The van der Waals surface area contributed by atoms with Crippen molar-refractivity contribution in [3.8, 4) is 0 Å². The van der Waals surface area contributed by atoms with Crippen molar-refractivity contribution in [1.82, 2.24) is 0 Å². The normalized spacial score (nSPS) is 11.3. The third-order valence-electron chi connectivity index (χ3n) is 2.44. The maximum atomic E-state index is 12.4. The van der Waals surface area contributed by atoms with Crippen LogP contribution < -0.4 is 10.5 Å². The molecular weight excluding hydrogens is 478 g/mol. The Morgan fingerprint density at radius 3 is 2.55 bits per heavy atom. The lowest BCUT2D eigenvalue weighted by Crippen LogP contribution is -2.15. The molecule has 0 heterocycles. The lowest BCUT2D eigenvalue weighted by Gasteiger charge is -2.12. The van der Waals surface area contributed by atoms with Gasteiger partial charge in [0.15, 0.2) is 0 Å². The zero-order valence-corrected chi connectivity index (χ0v) is 15.2. The largest absolute Gasteiger partial charge is 0.398 e. The highest BCUT2D eigenvalue weighted by molar-refractivity contribution is 14.1. The maximum absolute atomic E-state index is 12.4. The second kappa shape index (κ2) is 6.08. The van der Waals surface area contributed by atoms with Crippen molar-refractivity contribution >= 4 is 71.5 Å². The standard InChI is InChI=1S/C12H9BrClIN2O2S/c13-12-9(16)5-7(14)6-11(12)20(18,19)17-10-4-2-1-3-8(10)15/h1-6,17H,16H2. The third kappa shape index (κ3) is 3.38. The van der Waals surface area contributed by atoms with Gasteiger partial charge in [-0.15, -0.1) is 0 Å². The van der Waals surface area contributed by atoms with Crippen molar-refractivity contribution in [1.29, 1.82) is 0 Å². The molecule has 0 aromatic heterocycles. The van der Waals surface area contributed by atoms with Crippen LogP contribution in [0.25, 0.3) is 0 Å². The summed E-state index contributed by atoms with van der Waals surface area (Å²) in [6.45, 7) is 0. The molecule has 0 atom stereocenters. The molecule has 8 heteroatoms. The van der Waals surface area contributed by atoms with Gasteiger partial charge >= 0.3 is 0 Å². The van der Waals surface area contributed by atoms with Crippen LogP contribution in [0.2, 0.25) is 5.02 Å². The molecule has 0 saturated heterocycles. The average Bonchev–Trinajstić information content (AvgIpc) is 2.36. The lowest BCUT2D eigenvalue weighted by atomic mass is 10.3. The SMILES string of the molecule is Nc1cc(Cl)cc(S(=O)(=O)Nc2ccccc2I)c1Br. The van der Waals surface area contributed by atoms with Gasteiger partial charge < -0.3 is 5.73 Å². The highest BCUT2D eigenvalue weighted by Gasteiger charge is 2.21. The van der Waals surface area contributed by atoms with E-state index in [1.165, 1.54) is 12.1 Å². The van der Waals surface area contributed by atoms with Crippen molar-refractivity contribution in [2.45, 2.75) is 4.90 Å². The summed E-state index contributed by atoms with van der Waals surface area (Å²) < 4.78 is 28.4. The summed E-state index contributed by atoms with van der Waals surface area (Å²) in [6, 6.07) is 9.90. The van der Waals surface area contributed by atoms with Crippen molar-refractivity contribution < 1.29 is 8.42 Å². The number of rotatable bonds is 3. The topological polar surface area (TPSA) is 72.2 Å². The molecule has 0 aliphatic carbocycles. The van der Waals surface area contributed by atoms with Gasteiger partial charge in [0.1, 0.15) is 4.90 Å². The molecule has 0 radical (unpaired) electrons. The molecule has 2 aromatic rings. The Kier molecular flexibility index (Phi) is 4.83. The lowest BCUT2D eigenvalue weighted by molar-refractivity contribution is 0.601. The second-order valence-electron chi connectivity index (χ2n) is 3.89. The minimum absolute atomic E-state index is 0.00199. The van der Waals surface area contributed by atoms with Crippen LogP contribution in [0.15, 0.2) is 45.8 Å². The Morgan fingerprint density at radius 2 is 1.90 bits per heavy atom. The number of nitrogens with two attached hydrogens (primary N) is 1. The molecule has 0 aliphatic rings. The van der Waals surface area contributed by atoms with E-state index in [9.17, 15) is 8.42 Å². The summed E-state index contributed by atoms with van der Waals surface area (Å²) in [5, 5.41) is 0.258. The van der Waals surface area contributed by atoms with Crippen LogP contribution in [-0.4, -0.2) is 8.42 Å². The summed E-state index contributed by atoms with van der Waals surface area (Å²) in [5.41, 5.74) is 6.48. The number of anilines is 2. The first kappa shape index (κ1) is 15.9. The van der Waals surface area contributed by atoms with Gasteiger partial charge in [-0.2, -0.15) is 0 Å². The Balaban J connectivity index is 2.49. The average molecular weight is 488 g/mol. The molecule has 0 saturated carbocycles. The molecule has 20 heavy (non-hydrogen) atoms. The number of para-hydroxylation sites is 1. The molecule has 0 fully saturated rings. The van der Waals surface area contributed by atoms with Crippen molar-refractivity contribution in [2.75, 3.05) is 10.5 Å². The number of halogens is 3. The molecule has 2 rings (SSSR count). The first-order valence-corrected chi connectivity index (χ1v) is 9.06. The number of nitrogens with one attached hydrogen (secondary N) is 1. The Labute approximate surface area is 144 Å². The quantitative estimate of drug-likeness (QED) is 0.506. The number of benzene rings is 2. The summed E-state index contributed by atoms with van der Waals surface area (Å²) in [4.78, 5) is 0.00199. The molecule has 0 spiro atoms. The van der Waals surface area contributed by atoms with Gasteiger partial charge in [-0.1, -0.05) is 23.7 Å². The number of hydrogen-bond acceptors (Lipinski definition) is 3. The van der Waals surface area contributed by atoms with Gasteiger partial charge in [0.25, 0.3) is 10.0 Å². The fourth-order valence-electron chi connectivity index (χ4n) is 1.52. The summed E-state index contributed by atoms with van der Waals surface area (Å²) in [7, 11) is -3.78. The maximum Gasteiger partial charge on any atom is 0.263 e. The van der Waals surface area contributed by atoms with E-state index in [-0.39, 0.29) is 15.6 Å². The highest BCUT2D eigenvalue weighted by Crippen LogP contribution is 2.33. The van der Waals surface area contributed by atoms with Crippen LogP contribution in [0.3, 0.4) is 0 Å². The van der Waals surface area contributed by atoms with Gasteiger partial charge in [0, 0.05) is 14.3 Å².